The standard InChI is InChI=1S/C11H16O.C11H16.C10H14O3S.C9H12O4S.2O3S/c1-4-5-10-6-7-11(12-3)9(2)8-10;1-9-5-7-10(8-6-9)11(2,3)4;11-14(12,13)9-5-4-8-10-6-2-1-3-7-10;10-9-6-2-1-4-8(9)5-3-7-14(11,12)13;2*1-4(2)3/h6-8H,4-5H2,1-3H3;5-8H,1-4H3;1-3,6-7H,4-5,8-9H2,(H,11,12,13);1-2,4,6,10H,3,5,7H2,(H,11,12,13);;. The lowest BCUT2D eigenvalue weighted by atomic mass is 9.87. The number of ether oxygens (including phenoxy) is 1. The van der Waals surface area contributed by atoms with Crippen LogP contribution < -0.4 is 4.74 Å². The number of rotatable bonds is 12. The number of aryl methyl sites for hydroxylation is 5. The molecule has 4 rings (SSSR count). The Morgan fingerprint density at radius 3 is 1.54 bits per heavy atom. The van der Waals surface area contributed by atoms with Gasteiger partial charge in [0.2, 0.25) is 0 Å². The Morgan fingerprint density at radius 1 is 0.610 bits per heavy atom. The predicted octanol–water partition coefficient (Wildman–Crippen LogP) is 7.35. The minimum atomic E-state index is -3.89. The number of phenols is 1. The van der Waals surface area contributed by atoms with Gasteiger partial charge in [-0.3, -0.25) is 9.11 Å². The molecule has 0 amide bonds. The molecule has 0 saturated carbocycles. The van der Waals surface area contributed by atoms with E-state index in [0.717, 1.165) is 25.0 Å². The van der Waals surface area contributed by atoms with Crippen LogP contribution in [0.1, 0.15) is 86.8 Å². The minimum absolute atomic E-state index is 0.139. The van der Waals surface area contributed by atoms with Gasteiger partial charge in [0.15, 0.2) is 0 Å². The molecule has 0 atom stereocenters. The third-order valence-electron chi connectivity index (χ3n) is 7.72. The molecule has 18 heteroatoms. The molecular formula is C41H58O14S4. The molecule has 0 aromatic heterocycles. The first-order valence-corrected chi connectivity index (χ1v) is 23.5. The number of para-hydroxylation sites is 1. The highest BCUT2D eigenvalue weighted by Crippen LogP contribution is 2.22. The molecule has 0 aliphatic heterocycles. The molecule has 3 N–H and O–H groups in total. The molecule has 4 aromatic carbocycles. The fraction of sp³-hybridized carbons (Fsp3) is 0.415. The van der Waals surface area contributed by atoms with Crippen molar-refractivity contribution in [1.29, 1.82) is 0 Å². The van der Waals surface area contributed by atoms with Crippen LogP contribution in [0.4, 0.5) is 0 Å². The van der Waals surface area contributed by atoms with Gasteiger partial charge in [-0.25, -0.2) is 0 Å². The van der Waals surface area contributed by atoms with E-state index in [1.807, 2.05) is 36.4 Å². The third-order valence-corrected chi connectivity index (χ3v) is 9.33. The van der Waals surface area contributed by atoms with E-state index in [1.165, 1.54) is 34.2 Å². The van der Waals surface area contributed by atoms with Crippen molar-refractivity contribution in [2.45, 2.75) is 91.9 Å². The van der Waals surface area contributed by atoms with Crippen molar-refractivity contribution in [1.82, 2.24) is 0 Å². The Morgan fingerprint density at radius 2 is 1.10 bits per heavy atom. The average Bonchev–Trinajstić information content (AvgIpc) is 3.11. The molecule has 0 unspecified atom stereocenters. The molecule has 59 heavy (non-hydrogen) atoms. The summed E-state index contributed by atoms with van der Waals surface area (Å²) in [5.74, 6) is 0.721. The molecule has 0 heterocycles. The van der Waals surface area contributed by atoms with Gasteiger partial charge in [-0.05, 0) is 97.7 Å². The predicted molar refractivity (Wildman–Crippen MR) is 230 cm³/mol. The number of aromatic hydroxyl groups is 1. The number of methoxy groups -OCH3 is 1. The summed E-state index contributed by atoms with van der Waals surface area (Å²) in [6, 6.07) is 31.7. The molecule has 0 radical (unpaired) electrons. The number of benzene rings is 4. The maximum atomic E-state index is 10.4. The second-order valence-electron chi connectivity index (χ2n) is 13.8. The highest BCUT2D eigenvalue weighted by Gasteiger charge is 2.12. The van der Waals surface area contributed by atoms with Crippen LogP contribution in [-0.4, -0.2) is 74.9 Å². The lowest BCUT2D eigenvalue weighted by molar-refractivity contribution is 0.411. The summed E-state index contributed by atoms with van der Waals surface area (Å²) in [5.41, 5.74) is 7.53. The van der Waals surface area contributed by atoms with E-state index in [-0.39, 0.29) is 22.7 Å². The Kier molecular flexibility index (Phi) is 29.3. The largest absolute Gasteiger partial charge is 0.508 e. The van der Waals surface area contributed by atoms with E-state index >= 15 is 0 Å². The summed E-state index contributed by atoms with van der Waals surface area (Å²) < 4.78 is 114. The second kappa shape index (κ2) is 30.6. The van der Waals surface area contributed by atoms with Crippen LogP contribution in [0.15, 0.2) is 97.1 Å². The minimum Gasteiger partial charge on any atom is -0.508 e. The summed E-state index contributed by atoms with van der Waals surface area (Å²) >= 11 is 0. The zero-order valence-electron chi connectivity index (χ0n) is 34.6. The zero-order chi connectivity index (χ0) is 45.7. The number of hydrogen-bond acceptors (Lipinski definition) is 12. The fourth-order valence-corrected chi connectivity index (χ4v) is 5.94. The summed E-state index contributed by atoms with van der Waals surface area (Å²) in [4.78, 5) is 0. The fourth-order valence-electron chi connectivity index (χ4n) is 4.86. The van der Waals surface area contributed by atoms with Crippen LogP contribution >= 0.6 is 0 Å². The summed E-state index contributed by atoms with van der Waals surface area (Å²) in [6.45, 7) is 13.1. The number of unbranched alkanes of at least 4 members (excludes halogenated alkanes) is 1. The number of hydrogen-bond donors (Lipinski definition) is 3. The summed E-state index contributed by atoms with van der Waals surface area (Å²) in [6.07, 6.45) is 5.24. The van der Waals surface area contributed by atoms with Gasteiger partial charge in [0.1, 0.15) is 11.5 Å². The van der Waals surface area contributed by atoms with Crippen molar-refractivity contribution in [3.63, 3.8) is 0 Å². The first-order valence-electron chi connectivity index (χ1n) is 18.3. The Hall–Kier alpha value is -4.46. The third kappa shape index (κ3) is 35.2. The summed E-state index contributed by atoms with van der Waals surface area (Å²) in [5, 5.41) is 9.33. The maximum Gasteiger partial charge on any atom is 0.425 e. The second-order valence-corrected chi connectivity index (χ2v) is 17.8. The van der Waals surface area contributed by atoms with Crippen LogP contribution in [0.25, 0.3) is 0 Å². The van der Waals surface area contributed by atoms with E-state index in [0.29, 0.717) is 24.8 Å². The lowest BCUT2D eigenvalue weighted by Crippen LogP contribution is -2.10. The molecule has 0 aliphatic carbocycles. The van der Waals surface area contributed by atoms with Crippen LogP contribution in [0.2, 0.25) is 0 Å². The van der Waals surface area contributed by atoms with E-state index < -0.39 is 41.5 Å². The van der Waals surface area contributed by atoms with Crippen molar-refractivity contribution in [2.24, 2.45) is 0 Å². The van der Waals surface area contributed by atoms with Gasteiger partial charge >= 0.3 is 21.2 Å². The van der Waals surface area contributed by atoms with Crippen molar-refractivity contribution >= 4 is 41.5 Å². The zero-order valence-corrected chi connectivity index (χ0v) is 37.8. The molecule has 0 spiro atoms. The SMILES string of the molecule is CCCc1ccc(OC)c(C)c1.Cc1ccc(C(C)(C)C)cc1.O=S(=O)(O)CCCCc1ccccc1.O=S(=O)(O)CCCc1ccccc1O.O=S(=O)=O.O=S(=O)=O. The van der Waals surface area contributed by atoms with Gasteiger partial charge in [-0.15, -0.1) is 25.3 Å². The topological polar surface area (TPSA) is 241 Å². The first kappa shape index (κ1) is 56.6. The highest BCUT2D eigenvalue weighted by molar-refractivity contribution is 7.86. The van der Waals surface area contributed by atoms with Crippen LogP contribution in [0.3, 0.4) is 0 Å². The van der Waals surface area contributed by atoms with Gasteiger partial charge < -0.3 is 9.84 Å². The molecule has 4 aromatic rings. The van der Waals surface area contributed by atoms with Crippen molar-refractivity contribution in [3.05, 3.63) is 130 Å². The number of phenolic OH excluding ortho intramolecular Hbond substituents is 1. The van der Waals surface area contributed by atoms with Gasteiger partial charge in [-0.1, -0.05) is 125 Å². The van der Waals surface area contributed by atoms with Crippen molar-refractivity contribution in [3.8, 4) is 11.5 Å². The highest BCUT2D eigenvalue weighted by atomic mass is 32.2. The van der Waals surface area contributed by atoms with Gasteiger partial charge in [0, 0.05) is 0 Å². The molecule has 0 aliphatic rings. The normalized spacial score (nSPS) is 10.5. The molecular weight excluding hydrogens is 845 g/mol. The van der Waals surface area contributed by atoms with Crippen LogP contribution in [-0.2, 0) is 66.1 Å². The molecule has 330 valence electrons. The maximum absolute atomic E-state index is 10.4. The van der Waals surface area contributed by atoms with Crippen LogP contribution in [0.5, 0.6) is 11.5 Å². The van der Waals surface area contributed by atoms with Crippen LogP contribution in [0, 0.1) is 13.8 Å². The first-order chi connectivity index (χ1) is 27.3. The Labute approximate surface area is 353 Å². The molecule has 0 fully saturated rings. The van der Waals surface area contributed by atoms with E-state index in [9.17, 15) is 21.9 Å². The molecule has 14 nitrogen and oxygen atoms in total. The summed E-state index contributed by atoms with van der Waals surface area (Å²) in [7, 11) is -12.2. The van der Waals surface area contributed by atoms with Crippen molar-refractivity contribution < 1.29 is 61.0 Å². The van der Waals surface area contributed by atoms with E-state index in [4.69, 9.17) is 39.1 Å². The van der Waals surface area contributed by atoms with E-state index in [1.54, 1.807) is 31.4 Å². The Bertz CT molecular complexity index is 2180. The van der Waals surface area contributed by atoms with Gasteiger partial charge in [0.05, 0.1) is 18.6 Å². The monoisotopic (exact) mass is 902 g/mol. The molecule has 0 saturated heterocycles. The molecule has 0 bridgehead atoms. The smallest absolute Gasteiger partial charge is 0.425 e. The van der Waals surface area contributed by atoms with Crippen molar-refractivity contribution in [2.75, 3.05) is 18.6 Å². The van der Waals surface area contributed by atoms with Gasteiger partial charge in [-0.2, -0.15) is 16.8 Å². The van der Waals surface area contributed by atoms with Gasteiger partial charge in [0.25, 0.3) is 20.2 Å². The Balaban J connectivity index is 0. The quantitative estimate of drug-likeness (QED) is 0.0931. The average molecular weight is 903 g/mol. The lowest BCUT2D eigenvalue weighted by Gasteiger charge is -2.18. The van der Waals surface area contributed by atoms with E-state index in [2.05, 4.69) is 77.9 Å².